The molecular formula is C44H47ClF3N3O6. The summed E-state index contributed by atoms with van der Waals surface area (Å²) in [5, 5.41) is 24.5. The van der Waals surface area contributed by atoms with E-state index in [1.807, 2.05) is 97.1 Å². The first-order chi connectivity index (χ1) is 27.3. The van der Waals surface area contributed by atoms with Gasteiger partial charge < -0.3 is 34.8 Å². The van der Waals surface area contributed by atoms with E-state index in [1.165, 1.54) is 0 Å². The molecule has 5 atom stereocenters. The van der Waals surface area contributed by atoms with E-state index in [0.717, 1.165) is 38.9 Å². The van der Waals surface area contributed by atoms with Crippen LogP contribution < -0.4 is 5.32 Å². The maximum Gasteiger partial charge on any atom is 0.471 e. The Labute approximate surface area is 335 Å². The fraction of sp³-hybridized carbons (Fsp3) is 0.409. The second-order valence-electron chi connectivity index (χ2n) is 15.4. The highest BCUT2D eigenvalue weighted by Gasteiger charge is 2.48. The van der Waals surface area contributed by atoms with Gasteiger partial charge in [0.15, 0.2) is 6.29 Å². The third-order valence-electron chi connectivity index (χ3n) is 11.6. The van der Waals surface area contributed by atoms with E-state index in [4.69, 9.17) is 21.1 Å². The van der Waals surface area contributed by atoms with Crippen LogP contribution >= 0.6 is 11.6 Å². The molecule has 3 N–H and O–H groups in total. The number of halogens is 4. The van der Waals surface area contributed by atoms with E-state index >= 15 is 0 Å². The third kappa shape index (κ3) is 9.38. The Bertz CT molecular complexity index is 2010. The van der Waals surface area contributed by atoms with Gasteiger partial charge in [0.1, 0.15) is 6.04 Å². The van der Waals surface area contributed by atoms with E-state index in [2.05, 4.69) is 17.1 Å². The van der Waals surface area contributed by atoms with Crippen LogP contribution in [0.2, 0.25) is 5.02 Å². The molecule has 7 rings (SSSR count). The number of carbonyl (C=O) groups excluding carboxylic acids is 2. The Morgan fingerprint density at radius 2 is 1.56 bits per heavy atom. The highest BCUT2D eigenvalue weighted by molar-refractivity contribution is 6.30. The van der Waals surface area contributed by atoms with E-state index in [0.29, 0.717) is 48.8 Å². The van der Waals surface area contributed by atoms with Gasteiger partial charge in [0.2, 0.25) is 5.91 Å². The second-order valence-corrected chi connectivity index (χ2v) is 15.8. The van der Waals surface area contributed by atoms with Crippen molar-refractivity contribution < 1.29 is 42.4 Å². The number of aliphatic hydroxyl groups excluding tert-OH is 1. The molecule has 0 saturated carbocycles. The average molecular weight is 806 g/mol. The lowest BCUT2D eigenvalue weighted by Gasteiger charge is -2.45. The molecule has 0 spiro atoms. The molecule has 3 fully saturated rings. The molecule has 4 aromatic carbocycles. The quantitative estimate of drug-likeness (QED) is 0.153. The zero-order chi connectivity index (χ0) is 40.3. The number of nitrogens with one attached hydrogen (secondary N) is 1. The predicted octanol–water partition coefficient (Wildman–Crippen LogP) is 7.44. The van der Waals surface area contributed by atoms with Crippen molar-refractivity contribution in [3.8, 4) is 11.1 Å². The minimum Gasteiger partial charge on any atom is -0.392 e. The maximum atomic E-state index is 13.1. The fourth-order valence-corrected chi connectivity index (χ4v) is 8.31. The molecule has 57 heavy (non-hydrogen) atoms. The monoisotopic (exact) mass is 805 g/mol. The van der Waals surface area contributed by atoms with Gasteiger partial charge >= 0.3 is 12.1 Å². The molecule has 0 aromatic heterocycles. The fourth-order valence-electron chi connectivity index (χ4n) is 8.18. The molecule has 3 heterocycles. The van der Waals surface area contributed by atoms with E-state index in [9.17, 15) is 33.0 Å². The van der Waals surface area contributed by atoms with Crippen LogP contribution in [0.4, 0.5) is 13.2 Å². The smallest absolute Gasteiger partial charge is 0.392 e. The topological polar surface area (TPSA) is 112 Å². The van der Waals surface area contributed by atoms with Gasteiger partial charge in [-0.15, -0.1) is 0 Å². The van der Waals surface area contributed by atoms with Gasteiger partial charge in [0, 0.05) is 49.2 Å². The van der Waals surface area contributed by atoms with Crippen LogP contribution in [-0.2, 0) is 37.8 Å². The van der Waals surface area contributed by atoms with Crippen molar-refractivity contribution >= 4 is 23.4 Å². The summed E-state index contributed by atoms with van der Waals surface area (Å²) in [5.74, 6) is -2.61. The summed E-state index contributed by atoms with van der Waals surface area (Å²) in [6, 6.07) is 29.4. The Balaban J connectivity index is 1.03. The largest absolute Gasteiger partial charge is 0.471 e. The minimum absolute atomic E-state index is 0.0114. The van der Waals surface area contributed by atoms with E-state index in [-0.39, 0.29) is 44.2 Å². The van der Waals surface area contributed by atoms with E-state index in [1.54, 1.807) is 0 Å². The van der Waals surface area contributed by atoms with Crippen molar-refractivity contribution in [3.05, 3.63) is 130 Å². The van der Waals surface area contributed by atoms with Gasteiger partial charge in [0.05, 0.1) is 24.4 Å². The van der Waals surface area contributed by atoms with Crippen LogP contribution in [0.5, 0.6) is 0 Å². The number of hydrogen-bond donors (Lipinski definition) is 3. The third-order valence-corrected chi connectivity index (χ3v) is 11.8. The molecule has 0 unspecified atom stereocenters. The van der Waals surface area contributed by atoms with Crippen LogP contribution in [-0.4, -0.2) is 76.3 Å². The van der Waals surface area contributed by atoms with Crippen LogP contribution in [0.15, 0.2) is 97.1 Å². The SMILES string of the molecule is C[C@@H]1[C@H](CN2CCC(O)(c3ccc(Cl)cc3)CC2)O[C@H](c2ccc(-c3cccc(CNC(=O)[C@@H]4CCCN4C(=O)C(F)(F)F)c3)cc2)O[C@@H]1c1ccc(CO)cc1. The minimum atomic E-state index is -5.03. The first-order valence-corrected chi connectivity index (χ1v) is 19.8. The molecule has 3 aliphatic heterocycles. The molecular weight excluding hydrogens is 759 g/mol. The van der Waals surface area contributed by atoms with Crippen molar-refractivity contribution in [3.63, 3.8) is 0 Å². The number of benzene rings is 4. The zero-order valence-corrected chi connectivity index (χ0v) is 32.4. The van der Waals surface area contributed by atoms with Crippen molar-refractivity contribution in [1.82, 2.24) is 15.1 Å². The summed E-state index contributed by atoms with van der Waals surface area (Å²) in [7, 11) is 0. The lowest BCUT2D eigenvalue weighted by Crippen LogP contribution is -2.50. The van der Waals surface area contributed by atoms with E-state index < -0.39 is 35.9 Å². The number of aliphatic hydroxyl groups is 2. The van der Waals surface area contributed by atoms with Gasteiger partial charge in [-0.3, -0.25) is 9.59 Å². The van der Waals surface area contributed by atoms with Crippen molar-refractivity contribution in [2.24, 2.45) is 5.92 Å². The van der Waals surface area contributed by atoms with Gasteiger partial charge in [-0.2, -0.15) is 13.2 Å². The normalized spacial score (nSPS) is 24.0. The summed E-state index contributed by atoms with van der Waals surface area (Å²) in [4.78, 5) is 27.7. The average Bonchev–Trinajstić information content (AvgIpc) is 3.71. The van der Waals surface area contributed by atoms with Crippen molar-refractivity contribution in [2.45, 2.75) is 82.1 Å². The van der Waals surface area contributed by atoms with Crippen molar-refractivity contribution in [1.29, 1.82) is 0 Å². The summed E-state index contributed by atoms with van der Waals surface area (Å²) in [6.45, 7) is 4.11. The van der Waals surface area contributed by atoms with Crippen LogP contribution in [0.3, 0.4) is 0 Å². The summed E-state index contributed by atoms with van der Waals surface area (Å²) in [6.07, 6.45) is -4.50. The van der Waals surface area contributed by atoms with Gasteiger partial charge in [-0.1, -0.05) is 97.4 Å². The molecule has 9 nitrogen and oxygen atoms in total. The summed E-state index contributed by atoms with van der Waals surface area (Å²) >= 11 is 6.10. The van der Waals surface area contributed by atoms with Gasteiger partial charge in [-0.25, -0.2) is 0 Å². The molecule has 0 bridgehead atoms. The number of amides is 2. The highest BCUT2D eigenvalue weighted by atomic mass is 35.5. The number of likely N-dealkylation sites (tertiary alicyclic amines) is 2. The second kappa shape index (κ2) is 17.3. The number of ether oxygens (including phenoxy) is 2. The standard InChI is InChI=1S/C44H47ClF3N3O6/c1-28-38(26-50-22-19-43(55,20-23-50)35-15-17-36(45)18-16-35)56-41(57-39(28)32-9-7-29(27-52)8-10-32)33-13-11-31(12-14-33)34-5-2-4-30(24-34)25-49-40(53)37-6-3-21-51(37)42(54)44(46,47)48/h2,4-5,7-18,24,28,37-39,41,52,55H,3,6,19-23,25-27H2,1H3,(H,49,53)/t28-,37+,38+,39+,41+/m1/s1. The summed E-state index contributed by atoms with van der Waals surface area (Å²) < 4.78 is 52.6. The van der Waals surface area contributed by atoms with Crippen LogP contribution in [0, 0.1) is 5.92 Å². The lowest BCUT2D eigenvalue weighted by molar-refractivity contribution is -0.277. The molecule has 302 valence electrons. The molecule has 13 heteroatoms. The number of piperidine rings is 1. The molecule has 0 aliphatic carbocycles. The Morgan fingerprint density at radius 3 is 2.23 bits per heavy atom. The highest BCUT2D eigenvalue weighted by Crippen LogP contribution is 2.43. The molecule has 2 amide bonds. The number of alkyl halides is 3. The number of carbonyl (C=O) groups is 2. The molecule has 3 aliphatic rings. The first kappa shape index (κ1) is 40.9. The van der Waals surface area contributed by atoms with Gasteiger partial charge in [-0.05, 0) is 77.3 Å². The Morgan fingerprint density at radius 1 is 0.877 bits per heavy atom. The molecule has 0 radical (unpaired) electrons. The zero-order valence-electron chi connectivity index (χ0n) is 31.6. The molecule has 4 aromatic rings. The maximum absolute atomic E-state index is 13.1. The lowest BCUT2D eigenvalue weighted by atomic mass is 9.84. The molecule has 3 saturated heterocycles. The Hall–Kier alpha value is -4.30. The number of rotatable bonds is 10. The Kier molecular flexibility index (Phi) is 12.4. The number of hydrogen-bond acceptors (Lipinski definition) is 7. The van der Waals surface area contributed by atoms with Crippen LogP contribution in [0.25, 0.3) is 11.1 Å². The first-order valence-electron chi connectivity index (χ1n) is 19.4. The van der Waals surface area contributed by atoms with Crippen LogP contribution in [0.1, 0.15) is 72.8 Å². The summed E-state index contributed by atoms with van der Waals surface area (Å²) in [5.41, 5.74) is 5.13. The number of nitrogens with zero attached hydrogens (tertiary/aromatic N) is 2. The predicted molar refractivity (Wildman–Crippen MR) is 209 cm³/mol. The van der Waals surface area contributed by atoms with Crippen molar-refractivity contribution in [2.75, 3.05) is 26.2 Å². The van der Waals surface area contributed by atoms with Gasteiger partial charge in [0.25, 0.3) is 0 Å².